The van der Waals surface area contributed by atoms with E-state index < -0.39 is 5.54 Å². The second kappa shape index (κ2) is 9.84. The number of piperidine rings is 1. The molecule has 9 heteroatoms. The third-order valence-corrected chi connectivity index (χ3v) is 5.87. The molecule has 25 heavy (non-hydrogen) atoms. The first-order valence-corrected chi connectivity index (χ1v) is 9.89. The minimum absolute atomic E-state index is 0. The molecule has 0 aromatic heterocycles. The first-order valence-electron chi connectivity index (χ1n) is 8.60. The molecule has 2 aliphatic rings. The Bertz CT molecular complexity index is 511. The summed E-state index contributed by atoms with van der Waals surface area (Å²) in [7, 11) is 0. The molecule has 2 saturated heterocycles. The molecule has 2 aliphatic heterocycles. The van der Waals surface area contributed by atoms with Crippen molar-refractivity contribution < 1.29 is 9.59 Å². The van der Waals surface area contributed by atoms with Crippen LogP contribution in [0.5, 0.6) is 0 Å². The third-order valence-electron chi connectivity index (χ3n) is 4.92. The van der Waals surface area contributed by atoms with Gasteiger partial charge in [0, 0.05) is 24.9 Å². The van der Waals surface area contributed by atoms with E-state index in [1.807, 2.05) is 18.7 Å². The van der Waals surface area contributed by atoms with E-state index in [0.717, 1.165) is 45.0 Å². The maximum atomic E-state index is 12.1. The Morgan fingerprint density at radius 1 is 1.44 bits per heavy atom. The molecule has 144 valence electrons. The number of hydrogen-bond acceptors (Lipinski definition) is 4. The molecular weight excluding hydrogens is 453 g/mol. The molecule has 3 N–H and O–H groups in total. The number of nitrogens with zero attached hydrogens (tertiary/aromatic N) is 2. The van der Waals surface area contributed by atoms with Gasteiger partial charge in [-0.2, -0.15) is 11.8 Å². The highest BCUT2D eigenvalue weighted by atomic mass is 127. The Morgan fingerprint density at radius 3 is 2.56 bits per heavy atom. The van der Waals surface area contributed by atoms with Gasteiger partial charge >= 0.3 is 6.03 Å². The molecular formula is C16H30IN5O2S. The maximum absolute atomic E-state index is 12.1. The molecule has 0 radical (unpaired) electrons. The molecule has 0 aromatic rings. The van der Waals surface area contributed by atoms with Gasteiger partial charge in [-0.1, -0.05) is 6.92 Å². The SMILES string of the molecule is CCNC(=NCC(C)SC)N1CCC(C2(C)NC(=O)NC2=O)CC1.I. The molecule has 2 rings (SSSR count). The molecule has 0 saturated carbocycles. The first-order chi connectivity index (χ1) is 11.4. The average Bonchev–Trinajstić information content (AvgIpc) is 2.84. The van der Waals surface area contributed by atoms with Gasteiger partial charge in [0.05, 0.1) is 6.54 Å². The Balaban J connectivity index is 0.00000312. The van der Waals surface area contributed by atoms with E-state index in [2.05, 4.69) is 41.0 Å². The summed E-state index contributed by atoms with van der Waals surface area (Å²) in [5.41, 5.74) is -0.786. The zero-order valence-electron chi connectivity index (χ0n) is 15.4. The van der Waals surface area contributed by atoms with E-state index in [1.54, 1.807) is 0 Å². The number of nitrogens with one attached hydrogen (secondary N) is 3. The molecule has 7 nitrogen and oxygen atoms in total. The molecule has 0 aromatic carbocycles. The van der Waals surface area contributed by atoms with Crippen LogP contribution in [0.3, 0.4) is 0 Å². The fraction of sp³-hybridized carbons (Fsp3) is 0.812. The van der Waals surface area contributed by atoms with Crippen molar-refractivity contribution >= 4 is 53.6 Å². The first kappa shape index (κ1) is 22.3. The van der Waals surface area contributed by atoms with Crippen LogP contribution in [-0.2, 0) is 4.79 Å². The fourth-order valence-corrected chi connectivity index (χ4v) is 3.45. The van der Waals surface area contributed by atoms with Crippen molar-refractivity contribution in [2.24, 2.45) is 10.9 Å². The minimum atomic E-state index is -0.786. The van der Waals surface area contributed by atoms with Crippen molar-refractivity contribution in [1.82, 2.24) is 20.9 Å². The predicted octanol–water partition coefficient (Wildman–Crippen LogP) is 1.63. The molecule has 2 heterocycles. The van der Waals surface area contributed by atoms with E-state index in [4.69, 9.17) is 4.99 Å². The van der Waals surface area contributed by atoms with Crippen LogP contribution in [0.15, 0.2) is 4.99 Å². The summed E-state index contributed by atoms with van der Waals surface area (Å²) in [6, 6.07) is -0.383. The molecule has 2 fully saturated rings. The number of carbonyl (C=O) groups is 2. The third kappa shape index (κ3) is 5.38. The zero-order valence-corrected chi connectivity index (χ0v) is 18.6. The number of rotatable bonds is 5. The lowest BCUT2D eigenvalue weighted by molar-refractivity contribution is -0.125. The van der Waals surface area contributed by atoms with E-state index in [-0.39, 0.29) is 41.8 Å². The molecule has 0 spiro atoms. The monoisotopic (exact) mass is 483 g/mol. The van der Waals surface area contributed by atoms with Crippen LogP contribution in [0.4, 0.5) is 4.79 Å². The van der Waals surface area contributed by atoms with E-state index in [1.165, 1.54) is 0 Å². The Hall–Kier alpha value is -0.710. The summed E-state index contributed by atoms with van der Waals surface area (Å²) in [5, 5.41) is 9.01. The Morgan fingerprint density at radius 2 is 2.08 bits per heavy atom. The van der Waals surface area contributed by atoms with Gasteiger partial charge in [-0.3, -0.25) is 15.1 Å². The van der Waals surface area contributed by atoms with Gasteiger partial charge < -0.3 is 15.5 Å². The normalized spacial score (nSPS) is 25.9. The highest BCUT2D eigenvalue weighted by Gasteiger charge is 2.48. The van der Waals surface area contributed by atoms with Crippen LogP contribution in [0, 0.1) is 5.92 Å². The smallest absolute Gasteiger partial charge is 0.322 e. The van der Waals surface area contributed by atoms with E-state index in [9.17, 15) is 9.59 Å². The molecule has 0 aliphatic carbocycles. The summed E-state index contributed by atoms with van der Waals surface area (Å²) in [4.78, 5) is 30.5. The highest BCUT2D eigenvalue weighted by molar-refractivity contribution is 14.0. The number of urea groups is 1. The molecule has 2 unspecified atom stereocenters. The molecule has 0 bridgehead atoms. The van der Waals surface area contributed by atoms with Crippen molar-refractivity contribution in [3.63, 3.8) is 0 Å². The lowest BCUT2D eigenvalue weighted by Crippen LogP contribution is -2.55. The number of aliphatic imine (C=N–C) groups is 1. The van der Waals surface area contributed by atoms with Crippen molar-refractivity contribution in [2.45, 2.75) is 44.4 Å². The van der Waals surface area contributed by atoms with Gasteiger partial charge in [-0.25, -0.2) is 4.79 Å². The minimum Gasteiger partial charge on any atom is -0.357 e. The maximum Gasteiger partial charge on any atom is 0.322 e. The second-order valence-corrected chi connectivity index (χ2v) is 7.89. The number of thioether (sulfide) groups is 1. The van der Waals surface area contributed by atoms with Crippen molar-refractivity contribution in [3.05, 3.63) is 0 Å². The van der Waals surface area contributed by atoms with E-state index in [0.29, 0.717) is 5.25 Å². The summed E-state index contributed by atoms with van der Waals surface area (Å²) >= 11 is 1.81. The van der Waals surface area contributed by atoms with Crippen LogP contribution < -0.4 is 16.0 Å². The summed E-state index contributed by atoms with van der Waals surface area (Å²) < 4.78 is 0. The van der Waals surface area contributed by atoms with Crippen molar-refractivity contribution in [2.75, 3.05) is 32.4 Å². The zero-order chi connectivity index (χ0) is 17.7. The van der Waals surface area contributed by atoms with Crippen molar-refractivity contribution in [1.29, 1.82) is 0 Å². The van der Waals surface area contributed by atoms with Crippen LogP contribution in [0.1, 0.15) is 33.6 Å². The van der Waals surface area contributed by atoms with Gasteiger partial charge in [-0.15, -0.1) is 24.0 Å². The van der Waals surface area contributed by atoms with Crippen LogP contribution in [-0.4, -0.2) is 66.0 Å². The Labute approximate surface area is 171 Å². The number of amides is 3. The number of hydrogen-bond donors (Lipinski definition) is 3. The highest BCUT2D eigenvalue weighted by Crippen LogP contribution is 2.30. The number of imide groups is 1. The lowest BCUT2D eigenvalue weighted by Gasteiger charge is -2.39. The molecule has 3 amide bonds. The van der Waals surface area contributed by atoms with Gasteiger partial charge in [0.25, 0.3) is 5.91 Å². The van der Waals surface area contributed by atoms with E-state index >= 15 is 0 Å². The van der Waals surface area contributed by atoms with Gasteiger partial charge in [0.1, 0.15) is 5.54 Å². The standard InChI is InChI=1S/C16H29N5O2S.HI/c1-5-17-14(18-10-11(2)24-4)21-8-6-12(7-9-21)16(3)13(22)19-15(23)20-16;/h11-12H,5-10H2,1-4H3,(H,17,18)(H2,19,20,22,23);1H. The lowest BCUT2D eigenvalue weighted by atomic mass is 9.79. The summed E-state index contributed by atoms with van der Waals surface area (Å²) in [6.07, 6.45) is 3.81. The fourth-order valence-electron chi connectivity index (χ4n) is 3.23. The Kier molecular flexibility index (Phi) is 8.79. The largest absolute Gasteiger partial charge is 0.357 e. The predicted molar refractivity (Wildman–Crippen MR) is 114 cm³/mol. The number of likely N-dealkylation sites (tertiary alicyclic amines) is 1. The van der Waals surface area contributed by atoms with Crippen LogP contribution >= 0.6 is 35.7 Å². The average molecular weight is 483 g/mol. The van der Waals surface area contributed by atoms with Crippen molar-refractivity contribution in [3.8, 4) is 0 Å². The summed E-state index contributed by atoms with van der Waals surface area (Å²) in [6.45, 7) is 9.37. The number of guanidine groups is 1. The van der Waals surface area contributed by atoms with Crippen LogP contribution in [0.2, 0.25) is 0 Å². The molecule has 2 atom stereocenters. The van der Waals surface area contributed by atoms with Crippen LogP contribution in [0.25, 0.3) is 0 Å². The second-order valence-electron chi connectivity index (χ2n) is 6.61. The number of halogens is 1. The summed E-state index contributed by atoms with van der Waals surface area (Å²) in [5.74, 6) is 0.885. The van der Waals surface area contributed by atoms with Gasteiger partial charge in [-0.05, 0) is 38.9 Å². The number of carbonyl (C=O) groups excluding carboxylic acids is 2. The van der Waals surface area contributed by atoms with Gasteiger partial charge in [0.15, 0.2) is 5.96 Å². The topological polar surface area (TPSA) is 85.8 Å². The quantitative estimate of drug-likeness (QED) is 0.240. The van der Waals surface area contributed by atoms with Gasteiger partial charge in [0.2, 0.25) is 0 Å².